The van der Waals surface area contributed by atoms with Gasteiger partial charge in [-0.25, -0.2) is 0 Å². The Hall–Kier alpha value is -1.37. The standard InChI is InChI=1S/C12H9F3O3S/c13-12(14,15)11(16)10-3-6-1-8-9(18-5-17-8)2-7(6)4-19-10/h1-2,10H,3-5H2. The molecule has 0 aromatic heterocycles. The summed E-state index contributed by atoms with van der Waals surface area (Å²) >= 11 is 1.02. The lowest BCUT2D eigenvalue weighted by atomic mass is 10.0. The van der Waals surface area contributed by atoms with Crippen molar-refractivity contribution in [2.75, 3.05) is 6.79 Å². The highest BCUT2D eigenvalue weighted by atomic mass is 32.2. The molecule has 0 N–H and O–H groups in total. The lowest BCUT2D eigenvalue weighted by molar-refractivity contribution is -0.170. The van der Waals surface area contributed by atoms with Gasteiger partial charge in [0.1, 0.15) is 0 Å². The molecule has 7 heteroatoms. The summed E-state index contributed by atoms with van der Waals surface area (Å²) in [7, 11) is 0. The van der Waals surface area contributed by atoms with Crippen LogP contribution in [-0.2, 0) is 17.0 Å². The van der Waals surface area contributed by atoms with Crippen LogP contribution in [0.2, 0.25) is 0 Å². The normalized spacial score (nSPS) is 21.1. The van der Waals surface area contributed by atoms with Crippen LogP contribution in [-0.4, -0.2) is 24.0 Å². The van der Waals surface area contributed by atoms with E-state index in [-0.39, 0.29) is 13.2 Å². The van der Waals surface area contributed by atoms with Crippen LogP contribution >= 0.6 is 11.8 Å². The number of benzene rings is 1. The Morgan fingerprint density at radius 2 is 1.84 bits per heavy atom. The first-order chi connectivity index (χ1) is 8.95. The topological polar surface area (TPSA) is 35.5 Å². The quantitative estimate of drug-likeness (QED) is 0.796. The van der Waals surface area contributed by atoms with Crippen molar-refractivity contribution in [2.45, 2.75) is 23.6 Å². The molecular weight excluding hydrogens is 281 g/mol. The highest BCUT2D eigenvalue weighted by molar-refractivity contribution is 7.99. The van der Waals surface area contributed by atoms with Gasteiger partial charge in [0.2, 0.25) is 12.6 Å². The monoisotopic (exact) mass is 290 g/mol. The molecule has 3 nitrogen and oxygen atoms in total. The van der Waals surface area contributed by atoms with Crippen LogP contribution in [0.3, 0.4) is 0 Å². The first-order valence-electron chi connectivity index (χ1n) is 5.59. The molecule has 102 valence electrons. The fraction of sp³-hybridized carbons (Fsp3) is 0.417. The van der Waals surface area contributed by atoms with Crippen molar-refractivity contribution in [3.05, 3.63) is 23.3 Å². The van der Waals surface area contributed by atoms with Crippen molar-refractivity contribution >= 4 is 17.5 Å². The van der Waals surface area contributed by atoms with Gasteiger partial charge in [0.15, 0.2) is 11.5 Å². The number of fused-ring (bicyclic) bond motifs is 2. The summed E-state index contributed by atoms with van der Waals surface area (Å²) < 4.78 is 47.7. The van der Waals surface area contributed by atoms with E-state index in [1.165, 1.54) is 0 Å². The molecule has 1 atom stereocenters. The van der Waals surface area contributed by atoms with Crippen molar-refractivity contribution in [2.24, 2.45) is 0 Å². The molecule has 19 heavy (non-hydrogen) atoms. The van der Waals surface area contributed by atoms with Crippen molar-refractivity contribution in [1.29, 1.82) is 0 Å². The molecule has 0 spiro atoms. The third kappa shape index (κ3) is 2.27. The maximum Gasteiger partial charge on any atom is 0.451 e. The van der Waals surface area contributed by atoms with Gasteiger partial charge in [0.05, 0.1) is 5.25 Å². The number of carbonyl (C=O) groups is 1. The summed E-state index contributed by atoms with van der Waals surface area (Å²) in [5.41, 5.74) is 1.63. The summed E-state index contributed by atoms with van der Waals surface area (Å²) in [6.07, 6.45) is -4.69. The van der Waals surface area contributed by atoms with E-state index in [2.05, 4.69) is 0 Å². The minimum absolute atomic E-state index is 0.0784. The molecule has 2 aliphatic rings. The third-order valence-electron chi connectivity index (χ3n) is 3.11. The number of alkyl halides is 3. The first kappa shape index (κ1) is 12.7. The summed E-state index contributed by atoms with van der Waals surface area (Å²) in [6, 6.07) is 3.45. The van der Waals surface area contributed by atoms with E-state index in [4.69, 9.17) is 9.47 Å². The van der Waals surface area contributed by atoms with Gasteiger partial charge >= 0.3 is 6.18 Å². The Morgan fingerprint density at radius 1 is 1.21 bits per heavy atom. The molecule has 0 saturated carbocycles. The average Bonchev–Trinajstić information content (AvgIpc) is 2.80. The number of ether oxygens (including phenoxy) is 2. The Bertz CT molecular complexity index is 542. The van der Waals surface area contributed by atoms with E-state index in [0.717, 1.165) is 22.9 Å². The minimum atomic E-state index is -4.77. The number of halogens is 3. The van der Waals surface area contributed by atoms with E-state index in [0.29, 0.717) is 17.3 Å². The lowest BCUT2D eigenvalue weighted by Crippen LogP contribution is -2.35. The number of rotatable bonds is 1. The van der Waals surface area contributed by atoms with E-state index in [1.807, 2.05) is 0 Å². The van der Waals surface area contributed by atoms with Gasteiger partial charge in [-0.3, -0.25) is 4.79 Å². The second kappa shape index (κ2) is 4.33. The fourth-order valence-electron chi connectivity index (χ4n) is 2.15. The Balaban J connectivity index is 1.86. The molecule has 2 aliphatic heterocycles. The summed E-state index contributed by atoms with van der Waals surface area (Å²) in [5.74, 6) is -0.150. The number of Topliss-reactive ketones (excluding diaryl/α,β-unsaturated/α-hetero) is 1. The van der Waals surface area contributed by atoms with Crippen LogP contribution in [0.5, 0.6) is 11.5 Å². The van der Waals surface area contributed by atoms with Gasteiger partial charge in [-0.05, 0) is 29.7 Å². The zero-order valence-corrected chi connectivity index (χ0v) is 10.4. The van der Waals surface area contributed by atoms with Crippen molar-refractivity contribution in [3.63, 3.8) is 0 Å². The molecule has 2 heterocycles. The third-order valence-corrected chi connectivity index (χ3v) is 4.37. The van der Waals surface area contributed by atoms with E-state index in [9.17, 15) is 18.0 Å². The molecule has 0 amide bonds. The van der Waals surface area contributed by atoms with Crippen LogP contribution in [0.4, 0.5) is 13.2 Å². The molecule has 1 aromatic carbocycles. The Labute approximate surface area is 111 Å². The SMILES string of the molecule is O=C(C1Cc2cc3c(cc2CS1)OCO3)C(F)(F)F. The summed E-state index contributed by atoms with van der Waals surface area (Å²) in [6.45, 7) is 0.121. The Kier molecular flexibility index (Phi) is 2.88. The number of hydrogen-bond acceptors (Lipinski definition) is 4. The molecule has 1 unspecified atom stereocenters. The smallest absolute Gasteiger partial charge is 0.451 e. The van der Waals surface area contributed by atoms with Crippen molar-refractivity contribution in [3.8, 4) is 11.5 Å². The minimum Gasteiger partial charge on any atom is -0.454 e. The molecule has 0 aliphatic carbocycles. The van der Waals surface area contributed by atoms with Gasteiger partial charge in [-0.15, -0.1) is 11.8 Å². The number of ketones is 1. The second-order valence-corrected chi connectivity index (χ2v) is 5.53. The molecule has 3 rings (SSSR count). The van der Waals surface area contributed by atoms with Gasteiger partial charge in [0.25, 0.3) is 0 Å². The van der Waals surface area contributed by atoms with Gasteiger partial charge in [-0.1, -0.05) is 0 Å². The van der Waals surface area contributed by atoms with Crippen LogP contribution < -0.4 is 9.47 Å². The summed E-state index contributed by atoms with van der Waals surface area (Å²) in [4.78, 5) is 11.3. The van der Waals surface area contributed by atoms with Crippen LogP contribution in [0.15, 0.2) is 12.1 Å². The molecule has 1 aromatic rings. The fourth-order valence-corrected chi connectivity index (χ4v) is 3.38. The summed E-state index contributed by atoms with van der Waals surface area (Å²) in [5, 5.41) is -1.06. The number of carbonyl (C=O) groups excluding carboxylic acids is 1. The van der Waals surface area contributed by atoms with Crippen molar-refractivity contribution in [1.82, 2.24) is 0 Å². The van der Waals surface area contributed by atoms with E-state index >= 15 is 0 Å². The first-order valence-corrected chi connectivity index (χ1v) is 6.64. The molecule has 0 saturated heterocycles. The van der Waals surface area contributed by atoms with Gasteiger partial charge < -0.3 is 9.47 Å². The molecular formula is C12H9F3O3S. The lowest BCUT2D eigenvalue weighted by Gasteiger charge is -2.24. The Morgan fingerprint density at radius 3 is 2.47 bits per heavy atom. The maximum absolute atomic E-state index is 12.4. The molecule has 0 fully saturated rings. The van der Waals surface area contributed by atoms with Crippen LogP contribution in [0.25, 0.3) is 0 Å². The van der Waals surface area contributed by atoms with Crippen LogP contribution in [0.1, 0.15) is 11.1 Å². The predicted octanol–water partition coefficient (Wildman–Crippen LogP) is 2.70. The van der Waals surface area contributed by atoms with E-state index < -0.39 is 17.2 Å². The maximum atomic E-state index is 12.4. The predicted molar refractivity (Wildman–Crippen MR) is 62.4 cm³/mol. The average molecular weight is 290 g/mol. The van der Waals surface area contributed by atoms with Gasteiger partial charge in [-0.2, -0.15) is 13.2 Å². The van der Waals surface area contributed by atoms with Gasteiger partial charge in [0, 0.05) is 5.75 Å². The zero-order valence-electron chi connectivity index (χ0n) is 9.62. The highest BCUT2D eigenvalue weighted by Gasteiger charge is 2.44. The highest BCUT2D eigenvalue weighted by Crippen LogP contribution is 2.41. The van der Waals surface area contributed by atoms with Crippen molar-refractivity contribution < 1.29 is 27.4 Å². The van der Waals surface area contributed by atoms with Crippen LogP contribution in [0, 0.1) is 0 Å². The molecule has 0 radical (unpaired) electrons. The second-order valence-electron chi connectivity index (χ2n) is 4.34. The largest absolute Gasteiger partial charge is 0.454 e. The van der Waals surface area contributed by atoms with E-state index in [1.54, 1.807) is 12.1 Å². The number of thioether (sulfide) groups is 1. The number of hydrogen-bond donors (Lipinski definition) is 0. The molecule has 0 bridgehead atoms. The zero-order chi connectivity index (χ0) is 13.6.